The zero-order chi connectivity index (χ0) is 21.8. The molecule has 0 unspecified atom stereocenters. The summed E-state index contributed by atoms with van der Waals surface area (Å²) in [6.45, 7) is 0.296. The molecule has 1 saturated carbocycles. The Morgan fingerprint density at radius 1 is 1.10 bits per heavy atom. The van der Waals surface area contributed by atoms with Crippen LogP contribution in [-0.2, 0) is 11.8 Å². The van der Waals surface area contributed by atoms with Gasteiger partial charge in [-0.25, -0.2) is 4.39 Å². The summed E-state index contributed by atoms with van der Waals surface area (Å²) < 4.78 is 58.0. The molecule has 0 bridgehead atoms. The van der Waals surface area contributed by atoms with Crippen molar-refractivity contribution in [3.8, 4) is 0 Å². The Morgan fingerprint density at radius 2 is 1.84 bits per heavy atom. The average Bonchev–Trinajstić information content (AvgIpc) is 3.46. The van der Waals surface area contributed by atoms with Gasteiger partial charge in [-0.3, -0.25) is 4.40 Å². The number of nitrogens with zero attached hydrogens (tertiary/aromatic N) is 4. The van der Waals surface area contributed by atoms with E-state index in [9.17, 15) is 17.6 Å². The van der Waals surface area contributed by atoms with Crippen molar-refractivity contribution in [1.82, 2.24) is 14.6 Å². The first kappa shape index (κ1) is 20.5. The van der Waals surface area contributed by atoms with Crippen LogP contribution < -0.4 is 4.90 Å². The van der Waals surface area contributed by atoms with Crippen LogP contribution in [0.5, 0.6) is 0 Å². The summed E-state index contributed by atoms with van der Waals surface area (Å²) in [5.74, 6) is 0.837. The van der Waals surface area contributed by atoms with E-state index in [2.05, 4.69) is 10.2 Å². The number of anilines is 1. The number of rotatable bonds is 4. The van der Waals surface area contributed by atoms with Gasteiger partial charge in [0.25, 0.3) is 0 Å². The fourth-order valence-corrected chi connectivity index (χ4v) is 4.89. The maximum atomic E-state index is 14.2. The fourth-order valence-electron chi connectivity index (χ4n) is 4.58. The third-order valence-corrected chi connectivity index (χ3v) is 6.98. The van der Waals surface area contributed by atoms with Crippen molar-refractivity contribution < 1.29 is 17.6 Å². The first-order chi connectivity index (χ1) is 14.8. The van der Waals surface area contributed by atoms with Crippen LogP contribution in [0.4, 0.5) is 23.2 Å². The number of piperidine rings is 1. The number of fused-ring (bicyclic) bond motifs is 1. The van der Waals surface area contributed by atoms with Crippen molar-refractivity contribution in [3.05, 3.63) is 58.8 Å². The quantitative estimate of drug-likeness (QED) is 0.485. The largest absolute Gasteiger partial charge is 0.398 e. The second kappa shape index (κ2) is 7.36. The number of aromatic nitrogens is 3. The van der Waals surface area contributed by atoms with Crippen molar-refractivity contribution in [3.63, 3.8) is 0 Å². The van der Waals surface area contributed by atoms with Gasteiger partial charge in [0, 0.05) is 25.7 Å². The molecule has 1 aromatic carbocycles. The van der Waals surface area contributed by atoms with Crippen LogP contribution in [0.3, 0.4) is 0 Å². The fraction of sp³-hybridized carbons (Fsp3) is 0.455. The molecule has 0 amide bonds. The molecule has 2 aliphatic rings. The third-order valence-electron chi connectivity index (χ3n) is 6.61. The minimum absolute atomic E-state index is 0.0247. The van der Waals surface area contributed by atoms with Gasteiger partial charge in [-0.2, -0.15) is 13.2 Å². The second-order valence-corrected chi connectivity index (χ2v) is 8.93. The number of hydrogen-bond acceptors (Lipinski definition) is 3. The number of alkyl halides is 3. The van der Waals surface area contributed by atoms with Crippen molar-refractivity contribution in [2.75, 3.05) is 18.0 Å². The molecule has 0 atom stereocenters. The van der Waals surface area contributed by atoms with E-state index in [1.165, 1.54) is 25.0 Å². The second-order valence-electron chi connectivity index (χ2n) is 8.55. The van der Waals surface area contributed by atoms with Crippen LogP contribution in [0.2, 0.25) is 5.02 Å². The number of hydrogen-bond donors (Lipinski definition) is 0. The van der Waals surface area contributed by atoms with Crippen molar-refractivity contribution >= 4 is 22.9 Å². The van der Waals surface area contributed by atoms with Crippen LogP contribution in [0.15, 0.2) is 36.5 Å². The SMILES string of the molecule is Fc1cccc(C2(C(F)(F)F)CCN(c3ccn4c(CC5CC5)nnc4c3Cl)CC2)c1. The number of halogens is 5. The normalized spacial score (nSPS) is 19.2. The molecule has 3 aromatic rings. The van der Waals surface area contributed by atoms with Crippen LogP contribution in [-0.4, -0.2) is 33.9 Å². The molecule has 164 valence electrons. The van der Waals surface area contributed by atoms with E-state index in [0.717, 1.165) is 24.4 Å². The predicted octanol–water partition coefficient (Wildman–Crippen LogP) is 5.57. The van der Waals surface area contributed by atoms with Gasteiger partial charge >= 0.3 is 6.18 Å². The lowest BCUT2D eigenvalue weighted by Gasteiger charge is -2.44. The summed E-state index contributed by atoms with van der Waals surface area (Å²) >= 11 is 6.60. The molecule has 1 aliphatic heterocycles. The van der Waals surface area contributed by atoms with E-state index in [1.54, 1.807) is 0 Å². The van der Waals surface area contributed by atoms with Crippen LogP contribution in [0.25, 0.3) is 5.65 Å². The molecule has 3 heterocycles. The molecule has 9 heteroatoms. The molecule has 2 aromatic heterocycles. The molecule has 4 nitrogen and oxygen atoms in total. The predicted molar refractivity (Wildman–Crippen MR) is 110 cm³/mol. The van der Waals surface area contributed by atoms with Gasteiger partial charge in [0.05, 0.1) is 11.1 Å². The Balaban J connectivity index is 1.42. The Morgan fingerprint density at radius 3 is 2.48 bits per heavy atom. The number of pyridine rings is 1. The highest BCUT2D eigenvalue weighted by atomic mass is 35.5. The third kappa shape index (κ3) is 3.54. The summed E-state index contributed by atoms with van der Waals surface area (Å²) in [6.07, 6.45) is 0.240. The van der Waals surface area contributed by atoms with Gasteiger partial charge in [0.2, 0.25) is 0 Å². The zero-order valence-corrected chi connectivity index (χ0v) is 17.4. The molecule has 0 N–H and O–H groups in total. The first-order valence-electron chi connectivity index (χ1n) is 10.4. The van der Waals surface area contributed by atoms with Gasteiger partial charge < -0.3 is 4.90 Å². The van der Waals surface area contributed by atoms with Crippen molar-refractivity contribution in [2.45, 2.75) is 43.7 Å². The Hall–Kier alpha value is -2.35. The maximum absolute atomic E-state index is 14.2. The summed E-state index contributed by atoms with van der Waals surface area (Å²) in [6, 6.07) is 6.67. The first-order valence-corrected chi connectivity index (χ1v) is 10.8. The molecule has 0 radical (unpaired) electrons. The van der Waals surface area contributed by atoms with E-state index < -0.39 is 17.4 Å². The van der Waals surface area contributed by atoms with Gasteiger partial charge in [0.1, 0.15) is 16.7 Å². The summed E-state index contributed by atoms with van der Waals surface area (Å²) in [5.41, 5.74) is -0.931. The lowest BCUT2D eigenvalue weighted by Crippen LogP contribution is -2.51. The lowest BCUT2D eigenvalue weighted by atomic mass is 9.72. The topological polar surface area (TPSA) is 33.4 Å². The van der Waals surface area contributed by atoms with Gasteiger partial charge in [-0.15, -0.1) is 10.2 Å². The highest BCUT2D eigenvalue weighted by Crippen LogP contribution is 2.49. The zero-order valence-electron chi connectivity index (χ0n) is 16.7. The van der Waals surface area contributed by atoms with E-state index in [4.69, 9.17) is 11.6 Å². The van der Waals surface area contributed by atoms with E-state index in [1.807, 2.05) is 21.6 Å². The van der Waals surface area contributed by atoms with Crippen molar-refractivity contribution in [2.24, 2.45) is 5.92 Å². The Labute approximate surface area is 181 Å². The molecular weight excluding hydrogens is 432 g/mol. The molecular formula is C22H21ClF4N4. The van der Waals surface area contributed by atoms with E-state index in [-0.39, 0.29) is 31.5 Å². The highest BCUT2D eigenvalue weighted by molar-refractivity contribution is 6.36. The van der Waals surface area contributed by atoms with Gasteiger partial charge in [-0.1, -0.05) is 23.7 Å². The van der Waals surface area contributed by atoms with Crippen molar-refractivity contribution in [1.29, 1.82) is 0 Å². The minimum atomic E-state index is -4.48. The Bertz CT molecular complexity index is 1110. The minimum Gasteiger partial charge on any atom is -0.370 e. The maximum Gasteiger partial charge on any atom is 0.398 e. The van der Waals surface area contributed by atoms with Gasteiger partial charge in [0.15, 0.2) is 5.65 Å². The average molecular weight is 453 g/mol. The summed E-state index contributed by atoms with van der Waals surface area (Å²) in [4.78, 5) is 1.85. The molecule has 1 saturated heterocycles. The van der Waals surface area contributed by atoms with E-state index >= 15 is 0 Å². The smallest absolute Gasteiger partial charge is 0.370 e. The molecule has 5 rings (SSSR count). The standard InChI is InChI=1S/C22H21ClF4N4/c23-19-17(6-9-31-18(12-14-4-5-14)28-29-20(19)31)30-10-7-21(8-11-30,22(25,26)27)15-2-1-3-16(24)13-15/h1-3,6,9,13-14H,4-5,7-8,10-12H2. The molecule has 31 heavy (non-hydrogen) atoms. The highest BCUT2D eigenvalue weighted by Gasteiger charge is 2.56. The Kier molecular flexibility index (Phi) is 4.88. The molecule has 2 fully saturated rings. The summed E-state index contributed by atoms with van der Waals surface area (Å²) in [7, 11) is 0. The van der Waals surface area contributed by atoms with Crippen LogP contribution in [0, 0.1) is 11.7 Å². The lowest BCUT2D eigenvalue weighted by molar-refractivity contribution is -0.196. The van der Waals surface area contributed by atoms with Crippen LogP contribution >= 0.6 is 11.6 Å². The van der Waals surface area contributed by atoms with E-state index in [0.29, 0.717) is 22.3 Å². The summed E-state index contributed by atoms with van der Waals surface area (Å²) in [5, 5.41) is 8.85. The molecule has 1 aliphatic carbocycles. The van der Waals surface area contributed by atoms with Crippen LogP contribution in [0.1, 0.15) is 37.1 Å². The monoisotopic (exact) mass is 452 g/mol. The number of benzene rings is 1. The molecule has 0 spiro atoms. The van der Waals surface area contributed by atoms with Gasteiger partial charge in [-0.05, 0) is 55.4 Å².